The van der Waals surface area contributed by atoms with Crippen LogP contribution in [0.1, 0.15) is 48.6 Å². The van der Waals surface area contributed by atoms with E-state index in [0.29, 0.717) is 5.56 Å². The highest BCUT2D eigenvalue weighted by Gasteiger charge is 2.38. The third-order valence-electron chi connectivity index (χ3n) is 5.95. The molecule has 0 aliphatic heterocycles. The molecule has 0 radical (unpaired) electrons. The molecule has 1 fully saturated rings. The molecule has 0 amide bonds. The first-order valence-electron chi connectivity index (χ1n) is 10.0. The maximum Gasteiger partial charge on any atom is 0.349 e. The van der Waals surface area contributed by atoms with Gasteiger partial charge < -0.3 is 9.47 Å². The van der Waals surface area contributed by atoms with Gasteiger partial charge in [-0.2, -0.15) is 4.68 Å². The van der Waals surface area contributed by atoms with Gasteiger partial charge in [-0.15, -0.1) is 10.2 Å². The lowest BCUT2D eigenvalue weighted by molar-refractivity contribution is -0.121. The Morgan fingerprint density at radius 2 is 1.61 bits per heavy atom. The summed E-state index contributed by atoms with van der Waals surface area (Å²) < 4.78 is 11.2. The largest absolute Gasteiger partial charge is 0.434 e. The summed E-state index contributed by atoms with van der Waals surface area (Å²) in [6.07, 6.45) is 3.81. The van der Waals surface area contributed by atoms with E-state index in [4.69, 9.17) is 27.9 Å². The van der Waals surface area contributed by atoms with E-state index in [1.165, 1.54) is 12.1 Å². The minimum absolute atomic E-state index is 0.00776. The monoisotopic (exact) mass is 491 g/mol. The molecule has 0 unspecified atom stereocenters. The molecule has 2 heterocycles. The highest BCUT2D eigenvalue weighted by atomic mass is 35.5. The smallest absolute Gasteiger partial charge is 0.349 e. The number of hydrogen-bond acceptors (Lipinski definition) is 8. The molecule has 0 spiro atoms. The summed E-state index contributed by atoms with van der Waals surface area (Å²) in [4.78, 5) is 48.8. The van der Waals surface area contributed by atoms with Gasteiger partial charge in [0, 0.05) is 11.1 Å². The number of aromatic nitrogens is 5. The van der Waals surface area contributed by atoms with Crippen molar-refractivity contribution in [1.29, 1.82) is 0 Å². The molecule has 1 aromatic carbocycles. The number of halogens is 2. The Morgan fingerprint density at radius 3 is 2.24 bits per heavy atom. The van der Waals surface area contributed by atoms with Crippen molar-refractivity contribution in [3.63, 3.8) is 0 Å². The van der Waals surface area contributed by atoms with E-state index >= 15 is 0 Å². The number of hydrogen-bond donors (Lipinski definition) is 2. The van der Waals surface area contributed by atoms with E-state index in [9.17, 15) is 19.2 Å². The molecule has 33 heavy (non-hydrogen) atoms. The Hall–Kier alpha value is -3.44. The second-order valence-electron chi connectivity index (χ2n) is 7.76. The highest BCUT2D eigenvalue weighted by molar-refractivity contribution is 6.37. The van der Waals surface area contributed by atoms with Gasteiger partial charge in [0.1, 0.15) is 0 Å². The van der Waals surface area contributed by atoms with Crippen LogP contribution in [0.25, 0.3) is 5.69 Å². The van der Waals surface area contributed by atoms with Crippen LogP contribution < -0.4 is 26.3 Å². The summed E-state index contributed by atoms with van der Waals surface area (Å²) in [7, 11) is 0. The number of H-pyrrole nitrogens is 2. The summed E-state index contributed by atoms with van der Waals surface area (Å²) in [6, 6.07) is 2.68. The maximum absolute atomic E-state index is 12.4. The number of nitrogens with one attached hydrogen (secondary N) is 2. The molecule has 13 heteroatoms. The topological polar surface area (TPSA) is 149 Å². The molecule has 2 bridgehead atoms. The molecule has 0 saturated heterocycles. The molecule has 0 atom stereocenters. The van der Waals surface area contributed by atoms with E-state index in [1.807, 2.05) is 4.98 Å². The summed E-state index contributed by atoms with van der Waals surface area (Å²) in [6.45, 7) is 0.00776. The summed E-state index contributed by atoms with van der Waals surface area (Å²) in [5.41, 5.74) is -0.499. The van der Waals surface area contributed by atoms with Crippen molar-refractivity contribution in [2.75, 3.05) is 0 Å². The van der Waals surface area contributed by atoms with Gasteiger partial charge in [-0.3, -0.25) is 19.4 Å². The van der Waals surface area contributed by atoms with Gasteiger partial charge in [-0.25, -0.2) is 9.89 Å². The average Bonchev–Trinajstić information content (AvgIpc) is 2.80. The van der Waals surface area contributed by atoms with Gasteiger partial charge in [-0.05, 0) is 49.7 Å². The van der Waals surface area contributed by atoms with Gasteiger partial charge in [0.05, 0.1) is 15.7 Å². The molecule has 2 N–H and O–H groups in total. The second kappa shape index (κ2) is 8.16. The normalized spacial score (nSPS) is 18.6. The van der Waals surface area contributed by atoms with Crippen molar-refractivity contribution in [1.82, 2.24) is 25.0 Å². The standard InChI is InChI=1S/C20H15Cl2N5O6/c21-11-5-10(27-20(31)23-17(30)19(26-27)32-7-28)6-12(22)15(11)33-18-14-9-3-1-8(2-4-9)13(14)16(29)24-25-18/h5-9H,1-4H2,(H,24,29)(H,23,30,31). The van der Waals surface area contributed by atoms with Gasteiger partial charge in [0.2, 0.25) is 5.88 Å². The Labute approximate surface area is 194 Å². The van der Waals surface area contributed by atoms with Crippen LogP contribution >= 0.6 is 23.2 Å². The predicted octanol–water partition coefficient (Wildman–Crippen LogP) is 2.39. The van der Waals surface area contributed by atoms with E-state index < -0.39 is 17.1 Å². The maximum atomic E-state index is 12.4. The molecule has 2 aromatic heterocycles. The van der Waals surface area contributed by atoms with Crippen LogP contribution in [0.3, 0.4) is 0 Å². The second-order valence-corrected chi connectivity index (χ2v) is 8.58. The molecule has 3 aromatic rings. The van der Waals surface area contributed by atoms with Crippen molar-refractivity contribution in [3.05, 3.63) is 64.5 Å². The van der Waals surface area contributed by atoms with Crippen molar-refractivity contribution >= 4 is 29.7 Å². The number of carbonyl (C=O) groups is 1. The van der Waals surface area contributed by atoms with Crippen LogP contribution in [0.15, 0.2) is 26.5 Å². The summed E-state index contributed by atoms with van der Waals surface area (Å²) >= 11 is 12.8. The van der Waals surface area contributed by atoms with Crippen molar-refractivity contribution in [3.8, 4) is 23.2 Å². The molecular formula is C20H15Cl2N5O6. The molecule has 1 saturated carbocycles. The van der Waals surface area contributed by atoms with E-state index in [-0.39, 0.29) is 51.2 Å². The zero-order chi connectivity index (χ0) is 23.3. The lowest BCUT2D eigenvalue weighted by atomic mass is 9.68. The number of nitrogens with zero attached hydrogens (tertiary/aromatic N) is 3. The molecule has 3 aliphatic carbocycles. The molecule has 3 aliphatic rings. The van der Waals surface area contributed by atoms with Gasteiger partial charge in [0.25, 0.3) is 12.0 Å². The Bertz CT molecular complexity index is 1430. The van der Waals surface area contributed by atoms with Crippen LogP contribution in [0.2, 0.25) is 10.0 Å². The fraction of sp³-hybridized carbons (Fsp3) is 0.300. The molecular weight excluding hydrogens is 477 g/mol. The Balaban J connectivity index is 1.56. The van der Waals surface area contributed by atoms with E-state index in [2.05, 4.69) is 20.0 Å². The molecule has 6 rings (SSSR count). The van der Waals surface area contributed by atoms with Crippen LogP contribution in [0.4, 0.5) is 0 Å². The van der Waals surface area contributed by atoms with E-state index in [0.717, 1.165) is 35.9 Å². The summed E-state index contributed by atoms with van der Waals surface area (Å²) in [5.74, 6) is 0.0279. The fourth-order valence-electron chi connectivity index (χ4n) is 4.55. The number of rotatable bonds is 5. The van der Waals surface area contributed by atoms with Gasteiger partial charge in [0.15, 0.2) is 5.75 Å². The molecule has 11 nitrogen and oxygen atoms in total. The zero-order valence-corrected chi connectivity index (χ0v) is 18.3. The van der Waals surface area contributed by atoms with Gasteiger partial charge >= 0.3 is 17.1 Å². The predicted molar refractivity (Wildman–Crippen MR) is 116 cm³/mol. The summed E-state index contributed by atoms with van der Waals surface area (Å²) in [5, 5.41) is 10.4. The van der Waals surface area contributed by atoms with E-state index in [1.54, 1.807) is 0 Å². The number of benzene rings is 1. The Kier molecular flexibility index (Phi) is 5.29. The van der Waals surface area contributed by atoms with Crippen LogP contribution in [0, 0.1) is 0 Å². The first-order chi connectivity index (χ1) is 15.9. The SMILES string of the molecule is O=COc1nn(-c2cc(Cl)c(Oc3n[nH]c(=O)c4c3C3CCC4CC3)c(Cl)c2)c(=O)[nH]c1=O. The van der Waals surface area contributed by atoms with Crippen LogP contribution in [-0.2, 0) is 4.79 Å². The third-order valence-corrected chi connectivity index (χ3v) is 6.51. The quantitative estimate of drug-likeness (QED) is 0.516. The number of ether oxygens (including phenoxy) is 2. The number of carbonyl (C=O) groups excluding carboxylic acids is 1. The lowest BCUT2D eigenvalue weighted by Gasteiger charge is -2.37. The van der Waals surface area contributed by atoms with Gasteiger partial charge in [-0.1, -0.05) is 23.2 Å². The number of fused-ring (bicyclic) bond motifs is 2. The zero-order valence-electron chi connectivity index (χ0n) is 16.8. The first kappa shape index (κ1) is 21.4. The van der Waals surface area contributed by atoms with Crippen molar-refractivity contribution in [2.24, 2.45) is 0 Å². The number of aromatic amines is 2. The highest BCUT2D eigenvalue weighted by Crippen LogP contribution is 2.51. The lowest BCUT2D eigenvalue weighted by Crippen LogP contribution is -2.32. The fourth-order valence-corrected chi connectivity index (χ4v) is 5.11. The van der Waals surface area contributed by atoms with Crippen molar-refractivity contribution < 1.29 is 14.3 Å². The minimum Gasteiger partial charge on any atom is -0.434 e. The van der Waals surface area contributed by atoms with Crippen LogP contribution in [-0.4, -0.2) is 31.4 Å². The third kappa shape index (κ3) is 3.62. The molecule has 170 valence electrons. The minimum atomic E-state index is -0.969. The Morgan fingerprint density at radius 1 is 0.970 bits per heavy atom. The van der Waals surface area contributed by atoms with Crippen LogP contribution in [0.5, 0.6) is 17.5 Å². The average molecular weight is 492 g/mol. The first-order valence-corrected chi connectivity index (χ1v) is 10.8. The van der Waals surface area contributed by atoms with Crippen molar-refractivity contribution in [2.45, 2.75) is 37.5 Å².